The molecular weight excluding hydrogens is 388 g/mol. The van der Waals surface area contributed by atoms with Gasteiger partial charge in [0.1, 0.15) is 17.1 Å². The van der Waals surface area contributed by atoms with E-state index < -0.39 is 5.60 Å². The van der Waals surface area contributed by atoms with Gasteiger partial charge in [0, 0.05) is 13.1 Å². The zero-order valence-corrected chi connectivity index (χ0v) is 18.7. The maximum atomic E-state index is 12.4. The Bertz CT molecular complexity index is 964. The molecule has 1 amide bonds. The van der Waals surface area contributed by atoms with Gasteiger partial charge >= 0.3 is 6.09 Å². The Kier molecular flexibility index (Phi) is 7.02. The highest BCUT2D eigenvalue weighted by molar-refractivity contribution is 5.70. The molecule has 0 spiro atoms. The van der Waals surface area contributed by atoms with Gasteiger partial charge in [-0.25, -0.2) is 4.79 Å². The Balaban J connectivity index is 1.60. The van der Waals surface area contributed by atoms with Crippen LogP contribution >= 0.6 is 0 Å². The van der Waals surface area contributed by atoms with Crippen LogP contribution in [0.5, 0.6) is 11.5 Å². The molecule has 0 heterocycles. The van der Waals surface area contributed by atoms with Crippen molar-refractivity contribution in [2.45, 2.75) is 46.1 Å². The Hall–Kier alpha value is -3.26. The van der Waals surface area contributed by atoms with Crippen LogP contribution in [0.25, 0.3) is 5.57 Å². The average Bonchev–Trinajstić information content (AvgIpc) is 3.20. The highest BCUT2D eigenvalue weighted by Crippen LogP contribution is 2.33. The number of carbonyl (C=O) groups excluding carboxylic acids is 1. The van der Waals surface area contributed by atoms with Gasteiger partial charge < -0.3 is 14.4 Å². The predicted octanol–water partition coefficient (Wildman–Crippen LogP) is 6.40. The molecule has 162 valence electrons. The molecule has 0 fully saturated rings. The van der Waals surface area contributed by atoms with E-state index >= 15 is 0 Å². The van der Waals surface area contributed by atoms with E-state index in [0.29, 0.717) is 30.3 Å². The molecule has 0 radical (unpaired) electrons. The summed E-state index contributed by atoms with van der Waals surface area (Å²) in [5.41, 5.74) is 2.60. The van der Waals surface area contributed by atoms with Crippen LogP contribution in [0.1, 0.15) is 51.7 Å². The number of nitriles is 1. The van der Waals surface area contributed by atoms with Crippen molar-refractivity contribution in [3.63, 3.8) is 0 Å². The molecule has 0 aromatic heterocycles. The van der Waals surface area contributed by atoms with Crippen LogP contribution in [-0.2, 0) is 4.74 Å². The van der Waals surface area contributed by atoms with Crippen LogP contribution in [-0.4, -0.2) is 29.7 Å². The maximum absolute atomic E-state index is 12.4. The van der Waals surface area contributed by atoms with Gasteiger partial charge in [0.2, 0.25) is 0 Å². The lowest BCUT2D eigenvalue weighted by atomic mass is 10.1. The SMILES string of the molecule is CCN(C[C@H]1C=C(c2ccc(Oc3ccc(C#N)cc3)cc2)CC1)C(=O)OC(C)(C)C. The van der Waals surface area contributed by atoms with E-state index in [0.717, 1.165) is 18.6 Å². The fourth-order valence-corrected chi connectivity index (χ4v) is 3.59. The molecule has 1 aliphatic carbocycles. The van der Waals surface area contributed by atoms with Crippen molar-refractivity contribution in [1.29, 1.82) is 5.26 Å². The number of benzene rings is 2. The van der Waals surface area contributed by atoms with Gasteiger partial charge in [-0.1, -0.05) is 18.2 Å². The van der Waals surface area contributed by atoms with E-state index in [-0.39, 0.29) is 6.09 Å². The largest absolute Gasteiger partial charge is 0.457 e. The molecule has 0 saturated carbocycles. The molecule has 0 saturated heterocycles. The van der Waals surface area contributed by atoms with Crippen LogP contribution in [0.2, 0.25) is 0 Å². The number of allylic oxidation sites excluding steroid dienone is 1. The summed E-state index contributed by atoms with van der Waals surface area (Å²) >= 11 is 0. The number of ether oxygens (including phenoxy) is 2. The highest BCUT2D eigenvalue weighted by atomic mass is 16.6. The lowest BCUT2D eigenvalue weighted by Crippen LogP contribution is -2.39. The first-order valence-corrected chi connectivity index (χ1v) is 10.7. The molecule has 1 atom stereocenters. The lowest BCUT2D eigenvalue weighted by molar-refractivity contribution is 0.0242. The van der Waals surface area contributed by atoms with E-state index in [1.165, 1.54) is 11.1 Å². The Morgan fingerprint density at radius 1 is 1.10 bits per heavy atom. The molecule has 31 heavy (non-hydrogen) atoms. The summed E-state index contributed by atoms with van der Waals surface area (Å²) in [5, 5.41) is 8.88. The van der Waals surface area contributed by atoms with Crippen LogP contribution in [0, 0.1) is 17.2 Å². The van der Waals surface area contributed by atoms with E-state index in [2.05, 4.69) is 24.3 Å². The van der Waals surface area contributed by atoms with Crippen molar-refractivity contribution in [3.8, 4) is 17.6 Å². The quantitative estimate of drug-likeness (QED) is 0.544. The van der Waals surface area contributed by atoms with Gasteiger partial charge in [-0.2, -0.15) is 5.26 Å². The number of carbonyl (C=O) groups is 1. The topological polar surface area (TPSA) is 62.6 Å². The zero-order chi connectivity index (χ0) is 22.4. The molecule has 0 unspecified atom stereocenters. The average molecular weight is 419 g/mol. The van der Waals surface area contributed by atoms with Crippen molar-refractivity contribution >= 4 is 11.7 Å². The first-order chi connectivity index (χ1) is 14.8. The Morgan fingerprint density at radius 3 is 2.26 bits per heavy atom. The summed E-state index contributed by atoms with van der Waals surface area (Å²) in [6, 6.07) is 17.2. The molecule has 2 aromatic carbocycles. The minimum absolute atomic E-state index is 0.249. The number of hydrogen-bond donors (Lipinski definition) is 0. The van der Waals surface area contributed by atoms with E-state index in [4.69, 9.17) is 14.7 Å². The molecule has 5 heteroatoms. The number of hydrogen-bond acceptors (Lipinski definition) is 4. The molecule has 0 bridgehead atoms. The maximum Gasteiger partial charge on any atom is 0.410 e. The third-order valence-corrected chi connectivity index (χ3v) is 5.15. The van der Waals surface area contributed by atoms with Crippen molar-refractivity contribution in [2.75, 3.05) is 13.1 Å². The van der Waals surface area contributed by atoms with E-state index in [1.54, 1.807) is 29.2 Å². The monoisotopic (exact) mass is 418 g/mol. The zero-order valence-electron chi connectivity index (χ0n) is 18.7. The van der Waals surface area contributed by atoms with Crippen LogP contribution in [0.4, 0.5) is 4.79 Å². The fraction of sp³-hybridized carbons (Fsp3) is 0.385. The third kappa shape index (κ3) is 6.36. The summed E-state index contributed by atoms with van der Waals surface area (Å²) < 4.78 is 11.4. The van der Waals surface area contributed by atoms with Crippen LogP contribution in [0.15, 0.2) is 54.6 Å². The molecule has 1 aliphatic rings. The molecular formula is C26H30N2O3. The van der Waals surface area contributed by atoms with Gasteiger partial charge in [-0.05, 0) is 94.0 Å². The van der Waals surface area contributed by atoms with Gasteiger partial charge in [-0.15, -0.1) is 0 Å². The summed E-state index contributed by atoms with van der Waals surface area (Å²) in [5.74, 6) is 1.79. The highest BCUT2D eigenvalue weighted by Gasteiger charge is 2.25. The Labute approximate surface area is 184 Å². The number of amides is 1. The summed E-state index contributed by atoms with van der Waals surface area (Å²) in [7, 11) is 0. The Morgan fingerprint density at radius 2 is 1.71 bits per heavy atom. The van der Waals surface area contributed by atoms with Crippen molar-refractivity contribution < 1.29 is 14.3 Å². The van der Waals surface area contributed by atoms with Crippen LogP contribution in [0.3, 0.4) is 0 Å². The summed E-state index contributed by atoms with van der Waals surface area (Å²) in [4.78, 5) is 14.2. The smallest absolute Gasteiger partial charge is 0.410 e. The second-order valence-corrected chi connectivity index (χ2v) is 8.77. The van der Waals surface area contributed by atoms with Gasteiger partial charge in [0.15, 0.2) is 0 Å². The first kappa shape index (κ1) is 22.4. The van der Waals surface area contributed by atoms with Gasteiger partial charge in [0.25, 0.3) is 0 Å². The number of nitrogens with zero attached hydrogens (tertiary/aromatic N) is 2. The summed E-state index contributed by atoms with van der Waals surface area (Å²) in [6.07, 6.45) is 4.05. The minimum Gasteiger partial charge on any atom is -0.457 e. The van der Waals surface area contributed by atoms with E-state index in [9.17, 15) is 4.79 Å². The molecule has 3 rings (SSSR count). The minimum atomic E-state index is -0.483. The van der Waals surface area contributed by atoms with Gasteiger partial charge in [0.05, 0.1) is 11.6 Å². The lowest BCUT2D eigenvalue weighted by Gasteiger charge is -2.28. The van der Waals surface area contributed by atoms with Crippen molar-refractivity contribution in [3.05, 3.63) is 65.7 Å². The molecule has 5 nitrogen and oxygen atoms in total. The standard InChI is InChI=1S/C26H30N2O3/c1-5-28(25(29)31-26(2,3)4)18-20-6-9-22(16-20)21-10-14-24(15-11-21)30-23-12-7-19(17-27)8-13-23/h7-8,10-16,20H,5-6,9,18H2,1-4H3/t20-/m1/s1. The van der Waals surface area contributed by atoms with Crippen LogP contribution < -0.4 is 4.74 Å². The predicted molar refractivity (Wildman–Crippen MR) is 122 cm³/mol. The fourth-order valence-electron chi connectivity index (χ4n) is 3.59. The van der Waals surface area contributed by atoms with Crippen molar-refractivity contribution in [2.24, 2.45) is 5.92 Å². The first-order valence-electron chi connectivity index (χ1n) is 10.7. The number of rotatable bonds is 6. The summed E-state index contributed by atoms with van der Waals surface area (Å²) in [6.45, 7) is 8.96. The molecule has 0 aliphatic heterocycles. The molecule has 0 N–H and O–H groups in total. The van der Waals surface area contributed by atoms with E-state index in [1.807, 2.05) is 39.8 Å². The second kappa shape index (κ2) is 9.70. The normalized spacial score (nSPS) is 15.7. The molecule has 2 aromatic rings. The third-order valence-electron chi connectivity index (χ3n) is 5.15. The second-order valence-electron chi connectivity index (χ2n) is 8.77. The van der Waals surface area contributed by atoms with Gasteiger partial charge in [-0.3, -0.25) is 0 Å². The van der Waals surface area contributed by atoms with Crippen molar-refractivity contribution in [1.82, 2.24) is 4.90 Å².